The van der Waals surface area contributed by atoms with Gasteiger partial charge in [-0.25, -0.2) is 0 Å². The molecule has 100 valence electrons. The molecule has 1 aromatic heterocycles. The lowest BCUT2D eigenvalue weighted by Gasteiger charge is -2.27. The van der Waals surface area contributed by atoms with E-state index in [1.54, 1.807) is 36.2 Å². The highest BCUT2D eigenvalue weighted by molar-refractivity contribution is 7.11. The molecule has 0 radical (unpaired) electrons. The first-order valence-electron chi connectivity index (χ1n) is 6.07. The number of aliphatic hydroxyl groups is 1. The van der Waals surface area contributed by atoms with Gasteiger partial charge in [-0.2, -0.15) is 0 Å². The lowest BCUT2D eigenvalue weighted by molar-refractivity contribution is -0.128. The Morgan fingerprint density at radius 1 is 1.56 bits per heavy atom. The molecule has 0 atom stereocenters. The maximum absolute atomic E-state index is 12.0. The van der Waals surface area contributed by atoms with Gasteiger partial charge in [-0.15, -0.1) is 11.3 Å². The number of carbonyl (C=O) groups excluding carboxylic acids is 1. The molecule has 0 aliphatic rings. The summed E-state index contributed by atoms with van der Waals surface area (Å²) in [5.74, 6) is -0.0626. The van der Waals surface area contributed by atoms with Gasteiger partial charge in [0, 0.05) is 24.0 Å². The van der Waals surface area contributed by atoms with Crippen LogP contribution in [0.5, 0.6) is 0 Å². The van der Waals surface area contributed by atoms with Gasteiger partial charge in [0.25, 0.3) is 0 Å². The van der Waals surface area contributed by atoms with Crippen LogP contribution in [0.25, 0.3) is 6.08 Å². The van der Waals surface area contributed by atoms with E-state index in [-0.39, 0.29) is 5.91 Å². The average molecular weight is 267 g/mol. The first kappa shape index (κ1) is 14.9. The normalized spacial score (nSPS) is 12.1. The smallest absolute Gasteiger partial charge is 0.246 e. The monoisotopic (exact) mass is 267 g/mol. The molecule has 3 nitrogen and oxygen atoms in total. The minimum Gasteiger partial charge on any atom is -0.389 e. The molecule has 1 N–H and O–H groups in total. The highest BCUT2D eigenvalue weighted by atomic mass is 32.1. The number of rotatable bonds is 5. The summed E-state index contributed by atoms with van der Waals surface area (Å²) in [5, 5.41) is 11.8. The Balaban J connectivity index is 2.69. The predicted octanol–water partition coefficient (Wildman–Crippen LogP) is 2.69. The van der Waals surface area contributed by atoms with Gasteiger partial charge in [0.1, 0.15) is 0 Å². The van der Waals surface area contributed by atoms with E-state index in [2.05, 4.69) is 0 Å². The quantitative estimate of drug-likeness (QED) is 0.833. The van der Waals surface area contributed by atoms with Gasteiger partial charge in [-0.1, -0.05) is 0 Å². The molecular formula is C14H21NO2S. The van der Waals surface area contributed by atoms with Crippen LogP contribution in [-0.4, -0.2) is 34.6 Å². The molecule has 0 spiro atoms. The number of thiophene rings is 1. The number of amides is 1. The van der Waals surface area contributed by atoms with E-state index in [0.717, 1.165) is 4.88 Å². The van der Waals surface area contributed by atoms with Crippen molar-refractivity contribution in [3.8, 4) is 0 Å². The summed E-state index contributed by atoms with van der Waals surface area (Å²) >= 11 is 1.62. The van der Waals surface area contributed by atoms with Crippen LogP contribution in [0.1, 0.15) is 31.2 Å². The summed E-state index contributed by atoms with van der Waals surface area (Å²) in [6.07, 6.45) is 3.42. The van der Waals surface area contributed by atoms with E-state index < -0.39 is 5.60 Å². The molecule has 1 aromatic rings. The topological polar surface area (TPSA) is 40.5 Å². The van der Waals surface area contributed by atoms with Crippen LogP contribution < -0.4 is 0 Å². The van der Waals surface area contributed by atoms with Crippen molar-refractivity contribution in [2.24, 2.45) is 0 Å². The highest BCUT2D eigenvalue weighted by Gasteiger charge is 2.19. The Morgan fingerprint density at radius 2 is 2.22 bits per heavy atom. The van der Waals surface area contributed by atoms with Crippen LogP contribution in [0.15, 0.2) is 17.5 Å². The fourth-order valence-electron chi connectivity index (χ4n) is 1.62. The summed E-state index contributed by atoms with van der Waals surface area (Å²) < 4.78 is 0. The first-order chi connectivity index (χ1) is 8.33. The Morgan fingerprint density at radius 3 is 2.67 bits per heavy atom. The third kappa shape index (κ3) is 4.63. The third-order valence-corrected chi connectivity index (χ3v) is 3.53. The second kappa shape index (κ2) is 6.16. The number of hydrogen-bond acceptors (Lipinski definition) is 3. The van der Waals surface area contributed by atoms with Crippen molar-refractivity contribution in [2.75, 3.05) is 13.1 Å². The second-order valence-corrected chi connectivity index (χ2v) is 5.91. The zero-order valence-corrected chi connectivity index (χ0v) is 12.3. The fraction of sp³-hybridized carbons (Fsp3) is 0.500. The van der Waals surface area contributed by atoms with Gasteiger partial charge in [0.15, 0.2) is 0 Å². The van der Waals surface area contributed by atoms with Crippen LogP contribution in [0.4, 0.5) is 0 Å². The van der Waals surface area contributed by atoms with Gasteiger partial charge >= 0.3 is 0 Å². The molecule has 0 aliphatic carbocycles. The molecule has 4 heteroatoms. The maximum atomic E-state index is 12.0. The number of hydrogen-bond donors (Lipinski definition) is 1. The van der Waals surface area contributed by atoms with Crippen molar-refractivity contribution in [1.29, 1.82) is 0 Å². The van der Waals surface area contributed by atoms with Gasteiger partial charge in [0.2, 0.25) is 5.91 Å². The average Bonchev–Trinajstić information content (AvgIpc) is 2.67. The molecule has 0 saturated heterocycles. The zero-order valence-electron chi connectivity index (χ0n) is 11.4. The summed E-state index contributed by atoms with van der Waals surface area (Å²) in [6.45, 7) is 8.28. The molecule has 1 rings (SSSR count). The van der Waals surface area contributed by atoms with E-state index in [9.17, 15) is 9.90 Å². The Kier molecular flexibility index (Phi) is 5.11. The van der Waals surface area contributed by atoms with Crippen molar-refractivity contribution >= 4 is 23.3 Å². The van der Waals surface area contributed by atoms with Gasteiger partial charge in [-0.05, 0) is 50.8 Å². The summed E-state index contributed by atoms with van der Waals surface area (Å²) in [6, 6.07) is 2.03. The molecule has 1 amide bonds. The minimum atomic E-state index is -0.863. The largest absolute Gasteiger partial charge is 0.389 e. The van der Waals surface area contributed by atoms with Crippen LogP contribution in [-0.2, 0) is 4.79 Å². The molecule has 18 heavy (non-hydrogen) atoms. The van der Waals surface area contributed by atoms with Crippen molar-refractivity contribution in [3.05, 3.63) is 28.0 Å². The van der Waals surface area contributed by atoms with Crippen molar-refractivity contribution < 1.29 is 9.90 Å². The maximum Gasteiger partial charge on any atom is 0.246 e. The van der Waals surface area contributed by atoms with E-state index in [0.29, 0.717) is 13.1 Å². The van der Waals surface area contributed by atoms with Crippen molar-refractivity contribution in [2.45, 2.75) is 33.3 Å². The lowest BCUT2D eigenvalue weighted by Crippen LogP contribution is -2.41. The summed E-state index contributed by atoms with van der Waals surface area (Å²) in [5.41, 5.74) is 0.313. The van der Waals surface area contributed by atoms with Crippen molar-refractivity contribution in [1.82, 2.24) is 4.90 Å². The first-order valence-corrected chi connectivity index (χ1v) is 6.95. The summed E-state index contributed by atoms with van der Waals surface area (Å²) in [4.78, 5) is 14.7. The Hall–Kier alpha value is -1.13. The molecule has 0 saturated carbocycles. The van der Waals surface area contributed by atoms with Crippen LogP contribution >= 0.6 is 11.3 Å². The molecule has 0 bridgehead atoms. The van der Waals surface area contributed by atoms with E-state index in [1.807, 2.05) is 31.4 Å². The van der Waals surface area contributed by atoms with E-state index in [1.165, 1.54) is 5.56 Å². The molecular weight excluding hydrogens is 246 g/mol. The molecule has 0 unspecified atom stereocenters. The van der Waals surface area contributed by atoms with Crippen LogP contribution in [0.2, 0.25) is 0 Å². The number of aryl methyl sites for hydroxylation is 1. The standard InChI is InChI=1S/C14H21NO2S/c1-5-15(10-14(3,4)17)13(16)7-6-12-11(2)8-9-18-12/h6-9,17H,5,10H2,1-4H3. The number of nitrogens with zero attached hydrogens (tertiary/aromatic N) is 1. The van der Waals surface area contributed by atoms with Crippen molar-refractivity contribution in [3.63, 3.8) is 0 Å². The van der Waals surface area contributed by atoms with E-state index in [4.69, 9.17) is 0 Å². The minimum absolute atomic E-state index is 0.0626. The molecule has 0 aliphatic heterocycles. The molecule has 0 fully saturated rings. The molecule has 0 aromatic carbocycles. The predicted molar refractivity (Wildman–Crippen MR) is 76.6 cm³/mol. The van der Waals surface area contributed by atoms with Gasteiger partial charge in [-0.3, -0.25) is 4.79 Å². The van der Waals surface area contributed by atoms with Gasteiger partial charge < -0.3 is 10.0 Å². The zero-order chi connectivity index (χ0) is 13.8. The number of carbonyl (C=O) groups is 1. The fourth-order valence-corrected chi connectivity index (χ4v) is 2.44. The van der Waals surface area contributed by atoms with Crippen LogP contribution in [0, 0.1) is 6.92 Å². The molecule has 1 heterocycles. The highest BCUT2D eigenvalue weighted by Crippen LogP contribution is 2.17. The number of likely N-dealkylation sites (N-methyl/N-ethyl adjacent to an activating group) is 1. The third-order valence-electron chi connectivity index (χ3n) is 2.55. The Bertz CT molecular complexity index is 429. The Labute approximate surface area is 113 Å². The SMILES string of the molecule is CCN(CC(C)(C)O)C(=O)C=Cc1sccc1C. The second-order valence-electron chi connectivity index (χ2n) is 4.97. The van der Waals surface area contributed by atoms with E-state index >= 15 is 0 Å². The lowest BCUT2D eigenvalue weighted by atomic mass is 10.1. The summed E-state index contributed by atoms with van der Waals surface area (Å²) in [7, 11) is 0. The van der Waals surface area contributed by atoms with Crippen LogP contribution in [0.3, 0.4) is 0 Å². The van der Waals surface area contributed by atoms with Gasteiger partial charge in [0.05, 0.1) is 5.60 Å².